The Labute approximate surface area is 98.7 Å². The van der Waals surface area contributed by atoms with Crippen molar-refractivity contribution >= 4 is 0 Å². The van der Waals surface area contributed by atoms with Gasteiger partial charge in [-0.05, 0) is 32.5 Å². The number of benzene rings is 1. The molecule has 14 heavy (non-hydrogen) atoms. The summed E-state index contributed by atoms with van der Waals surface area (Å²) in [4.78, 5) is 2.53. The predicted molar refractivity (Wildman–Crippen MR) is 54.4 cm³/mol. The van der Waals surface area contributed by atoms with E-state index in [-0.39, 0.29) is 18.9 Å². The van der Waals surface area contributed by atoms with Gasteiger partial charge in [0.15, 0.2) is 0 Å². The normalized spacial score (nSPS) is 17.4. The molecule has 0 aromatic heterocycles. The number of nitrogens with zero attached hydrogens (tertiary/aromatic N) is 1. The molecule has 0 aliphatic carbocycles. The molecule has 2 rings (SSSR count). The molecule has 70 valence electrons. The van der Waals surface area contributed by atoms with Crippen LogP contribution in [0.4, 0.5) is 0 Å². The van der Waals surface area contributed by atoms with E-state index in [9.17, 15) is 0 Å². The van der Waals surface area contributed by atoms with Crippen molar-refractivity contribution in [3.05, 3.63) is 35.9 Å². The third-order valence-corrected chi connectivity index (χ3v) is 2.63. The summed E-state index contributed by atoms with van der Waals surface area (Å²) in [7, 11) is 0. The topological polar surface area (TPSA) is 3.24 Å². The van der Waals surface area contributed by atoms with Crippen molar-refractivity contribution in [2.24, 2.45) is 0 Å². The minimum absolute atomic E-state index is 0. The Hall–Kier alpha value is -0.223. The van der Waals surface area contributed by atoms with E-state index >= 15 is 0 Å². The summed E-state index contributed by atoms with van der Waals surface area (Å²) < 4.78 is 0. The van der Waals surface area contributed by atoms with Gasteiger partial charge in [0.2, 0.25) is 0 Å². The Balaban J connectivity index is 0.000000980. The molecule has 1 saturated heterocycles. The smallest absolute Gasteiger partial charge is 0.310 e. The average Bonchev–Trinajstić information content (AvgIpc) is 2.21. The molecular formula is C12H16LiN. The number of rotatable bonds is 2. The first-order valence-electron chi connectivity index (χ1n) is 5.12. The number of piperidine rings is 1. The van der Waals surface area contributed by atoms with E-state index in [1.54, 1.807) is 0 Å². The van der Waals surface area contributed by atoms with E-state index in [1.807, 2.05) is 6.07 Å². The maximum Gasteiger partial charge on any atom is 1.00 e. The second-order valence-corrected chi connectivity index (χ2v) is 3.75. The maximum atomic E-state index is 3.12. The van der Waals surface area contributed by atoms with Crippen LogP contribution in [0.5, 0.6) is 0 Å². The van der Waals surface area contributed by atoms with Crippen molar-refractivity contribution in [3.63, 3.8) is 0 Å². The van der Waals surface area contributed by atoms with Gasteiger partial charge in [-0.3, -0.25) is 0 Å². The molecule has 1 fully saturated rings. The van der Waals surface area contributed by atoms with Gasteiger partial charge in [-0.15, -0.1) is 5.56 Å². The van der Waals surface area contributed by atoms with Gasteiger partial charge >= 0.3 is 18.9 Å². The molecule has 1 aliphatic heterocycles. The van der Waals surface area contributed by atoms with Crippen LogP contribution in [0.1, 0.15) is 24.8 Å². The molecule has 2 heteroatoms. The van der Waals surface area contributed by atoms with Gasteiger partial charge in [-0.25, -0.2) is 0 Å². The van der Waals surface area contributed by atoms with Gasteiger partial charge in [0.05, 0.1) is 0 Å². The Kier molecular flexibility index (Phi) is 5.33. The number of hydrogen-bond donors (Lipinski definition) is 0. The van der Waals surface area contributed by atoms with E-state index in [4.69, 9.17) is 0 Å². The zero-order valence-corrected chi connectivity index (χ0v) is 9.00. The minimum atomic E-state index is 0. The Morgan fingerprint density at radius 1 is 1.21 bits per heavy atom. The fraction of sp³-hybridized carbons (Fsp3) is 0.500. The third-order valence-electron chi connectivity index (χ3n) is 2.63. The van der Waals surface area contributed by atoms with Crippen LogP contribution < -0.4 is 18.9 Å². The van der Waals surface area contributed by atoms with Crippen LogP contribution in [0, 0.1) is 6.07 Å². The Morgan fingerprint density at radius 2 is 2.00 bits per heavy atom. The fourth-order valence-corrected chi connectivity index (χ4v) is 1.90. The van der Waals surface area contributed by atoms with Crippen molar-refractivity contribution in [3.8, 4) is 0 Å². The number of likely N-dealkylation sites (tertiary alicyclic amines) is 1. The van der Waals surface area contributed by atoms with Crippen LogP contribution in [0.25, 0.3) is 0 Å². The van der Waals surface area contributed by atoms with Crippen LogP contribution in [0.15, 0.2) is 24.3 Å². The molecule has 0 saturated carbocycles. The largest absolute Gasteiger partial charge is 1.00 e. The fourth-order valence-electron chi connectivity index (χ4n) is 1.90. The van der Waals surface area contributed by atoms with Crippen LogP contribution in [0.3, 0.4) is 0 Å². The van der Waals surface area contributed by atoms with Gasteiger partial charge in [-0.1, -0.05) is 6.42 Å². The van der Waals surface area contributed by atoms with E-state index in [0.717, 1.165) is 6.54 Å². The van der Waals surface area contributed by atoms with E-state index in [0.29, 0.717) is 0 Å². The van der Waals surface area contributed by atoms with Crippen LogP contribution in [-0.2, 0) is 6.54 Å². The first-order chi connectivity index (χ1) is 6.45. The number of hydrogen-bond acceptors (Lipinski definition) is 1. The molecule has 0 radical (unpaired) electrons. The molecule has 1 aromatic carbocycles. The van der Waals surface area contributed by atoms with Crippen molar-refractivity contribution in [1.82, 2.24) is 4.90 Å². The molecular weight excluding hydrogens is 165 g/mol. The Bertz CT molecular complexity index is 242. The average molecular weight is 181 g/mol. The molecule has 0 spiro atoms. The van der Waals surface area contributed by atoms with Crippen LogP contribution in [-0.4, -0.2) is 18.0 Å². The van der Waals surface area contributed by atoms with Crippen molar-refractivity contribution in [2.75, 3.05) is 13.1 Å². The molecule has 0 bridgehead atoms. The molecule has 1 nitrogen and oxygen atoms in total. The van der Waals surface area contributed by atoms with Gasteiger partial charge in [-0.2, -0.15) is 30.3 Å². The maximum absolute atomic E-state index is 3.12. The summed E-state index contributed by atoms with van der Waals surface area (Å²) in [5.41, 5.74) is 1.39. The summed E-state index contributed by atoms with van der Waals surface area (Å²) in [6.45, 7) is 3.65. The van der Waals surface area contributed by atoms with Crippen molar-refractivity contribution in [2.45, 2.75) is 25.8 Å². The van der Waals surface area contributed by atoms with Gasteiger partial charge in [0.1, 0.15) is 0 Å². The molecule has 1 heterocycles. The molecule has 1 aliphatic rings. The van der Waals surface area contributed by atoms with Crippen molar-refractivity contribution < 1.29 is 18.9 Å². The van der Waals surface area contributed by atoms with E-state index in [1.165, 1.54) is 37.9 Å². The SMILES string of the molecule is [Li+].[c-]1cccc(CN2CCCCC2)c1. The first kappa shape index (κ1) is 11.8. The molecule has 0 amide bonds. The van der Waals surface area contributed by atoms with E-state index in [2.05, 4.69) is 29.2 Å². The van der Waals surface area contributed by atoms with Gasteiger partial charge in [0, 0.05) is 0 Å². The molecule has 0 atom stereocenters. The first-order valence-corrected chi connectivity index (χ1v) is 5.12. The summed E-state index contributed by atoms with van der Waals surface area (Å²) in [6.07, 6.45) is 4.16. The summed E-state index contributed by atoms with van der Waals surface area (Å²) in [6, 6.07) is 11.4. The summed E-state index contributed by atoms with van der Waals surface area (Å²) in [5.74, 6) is 0. The van der Waals surface area contributed by atoms with Crippen molar-refractivity contribution in [1.29, 1.82) is 0 Å². The second-order valence-electron chi connectivity index (χ2n) is 3.75. The van der Waals surface area contributed by atoms with Crippen LogP contribution >= 0.6 is 0 Å². The molecule has 0 unspecified atom stereocenters. The Morgan fingerprint density at radius 3 is 2.64 bits per heavy atom. The van der Waals surface area contributed by atoms with Gasteiger partial charge < -0.3 is 4.90 Å². The predicted octanol–water partition coefficient (Wildman–Crippen LogP) is -0.523. The monoisotopic (exact) mass is 181 g/mol. The summed E-state index contributed by atoms with van der Waals surface area (Å²) >= 11 is 0. The molecule has 1 aromatic rings. The summed E-state index contributed by atoms with van der Waals surface area (Å²) in [5, 5.41) is 0. The second kappa shape index (κ2) is 6.30. The standard InChI is InChI=1S/C12H16N.Li/c1-3-7-12(8-4-1)11-13-9-5-2-6-10-13;/h1,3,7-8H,2,5-6,9-11H2;/q-1;+1. The molecule has 0 N–H and O–H groups in total. The zero-order chi connectivity index (χ0) is 8.93. The zero-order valence-electron chi connectivity index (χ0n) is 9.00. The third kappa shape index (κ3) is 3.50. The quantitative estimate of drug-likeness (QED) is 0.438. The minimum Gasteiger partial charge on any atom is -0.310 e. The van der Waals surface area contributed by atoms with Crippen LogP contribution in [0.2, 0.25) is 0 Å². The van der Waals surface area contributed by atoms with E-state index < -0.39 is 0 Å². The van der Waals surface area contributed by atoms with Gasteiger partial charge in [0.25, 0.3) is 0 Å².